The van der Waals surface area contributed by atoms with Crippen molar-refractivity contribution < 1.29 is 9.53 Å². The van der Waals surface area contributed by atoms with E-state index in [1.54, 1.807) is 11.0 Å². The molecule has 5 heteroatoms. The fraction of sp³-hybridized carbons (Fsp3) is 0.455. The minimum Gasteiger partial charge on any atom is -0.375 e. The molecule has 0 spiro atoms. The van der Waals surface area contributed by atoms with E-state index in [9.17, 15) is 9.59 Å². The molecule has 1 saturated heterocycles. The molecular formula is C11H14N2O3. The summed E-state index contributed by atoms with van der Waals surface area (Å²) >= 11 is 0. The lowest BCUT2D eigenvalue weighted by atomic mass is 10.2. The summed E-state index contributed by atoms with van der Waals surface area (Å²) in [5.41, 5.74) is 0.306. The molecule has 1 aromatic rings. The van der Waals surface area contributed by atoms with E-state index in [0.717, 1.165) is 0 Å². The standard InChI is InChI=1S/C11H14N2O3/c1-8-7-13(4-5-16-8)11(15)9-2-3-10(14)12-6-9/h2-3,6,8H,4-5,7H2,1H3,(H,12,14). The average molecular weight is 222 g/mol. The van der Waals surface area contributed by atoms with Gasteiger partial charge in [0.1, 0.15) is 0 Å². The van der Waals surface area contributed by atoms with Crippen molar-refractivity contribution in [2.24, 2.45) is 0 Å². The Morgan fingerprint density at radius 1 is 1.56 bits per heavy atom. The van der Waals surface area contributed by atoms with Crippen LogP contribution in [0.2, 0.25) is 0 Å². The number of carbonyl (C=O) groups is 1. The van der Waals surface area contributed by atoms with Gasteiger partial charge in [-0.15, -0.1) is 0 Å². The Labute approximate surface area is 93.0 Å². The van der Waals surface area contributed by atoms with E-state index < -0.39 is 0 Å². The summed E-state index contributed by atoms with van der Waals surface area (Å²) in [6.45, 7) is 3.70. The fourth-order valence-corrected chi connectivity index (χ4v) is 1.73. The molecule has 0 saturated carbocycles. The number of nitrogens with zero attached hydrogens (tertiary/aromatic N) is 1. The number of carbonyl (C=O) groups excluding carboxylic acids is 1. The number of amides is 1. The zero-order valence-electron chi connectivity index (χ0n) is 9.10. The third-order valence-electron chi connectivity index (χ3n) is 2.56. The third-order valence-corrected chi connectivity index (χ3v) is 2.56. The van der Waals surface area contributed by atoms with Crippen LogP contribution in [0.4, 0.5) is 0 Å². The van der Waals surface area contributed by atoms with Crippen LogP contribution in [0.3, 0.4) is 0 Å². The van der Waals surface area contributed by atoms with Gasteiger partial charge < -0.3 is 14.6 Å². The second kappa shape index (κ2) is 4.49. The molecule has 1 aliphatic heterocycles. The van der Waals surface area contributed by atoms with Gasteiger partial charge in [-0.25, -0.2) is 0 Å². The highest BCUT2D eigenvalue weighted by Crippen LogP contribution is 2.08. The summed E-state index contributed by atoms with van der Waals surface area (Å²) in [6, 6.07) is 2.90. The van der Waals surface area contributed by atoms with Crippen molar-refractivity contribution in [2.45, 2.75) is 13.0 Å². The molecule has 5 nitrogen and oxygen atoms in total. The van der Waals surface area contributed by atoms with Gasteiger partial charge in [-0.05, 0) is 13.0 Å². The maximum absolute atomic E-state index is 12.0. The molecule has 2 heterocycles. The first-order valence-electron chi connectivity index (χ1n) is 5.26. The number of pyridine rings is 1. The summed E-state index contributed by atoms with van der Waals surface area (Å²) in [5.74, 6) is -0.0635. The molecule has 1 aliphatic rings. The Hall–Kier alpha value is -1.62. The van der Waals surface area contributed by atoms with Gasteiger partial charge in [0, 0.05) is 25.4 Å². The fourth-order valence-electron chi connectivity index (χ4n) is 1.73. The largest absolute Gasteiger partial charge is 0.375 e. The third kappa shape index (κ3) is 2.30. The number of morpholine rings is 1. The van der Waals surface area contributed by atoms with Crippen molar-refractivity contribution in [3.05, 3.63) is 34.2 Å². The molecule has 0 radical (unpaired) electrons. The van der Waals surface area contributed by atoms with Crippen LogP contribution in [-0.2, 0) is 4.74 Å². The summed E-state index contributed by atoms with van der Waals surface area (Å²) < 4.78 is 5.36. The van der Waals surface area contributed by atoms with Gasteiger partial charge in [0.15, 0.2) is 0 Å². The minimum absolute atomic E-state index is 0.0635. The molecule has 1 atom stereocenters. The van der Waals surface area contributed by atoms with Gasteiger partial charge in [0.05, 0.1) is 18.3 Å². The second-order valence-electron chi connectivity index (χ2n) is 3.87. The molecule has 1 aromatic heterocycles. The van der Waals surface area contributed by atoms with Crippen molar-refractivity contribution in [3.63, 3.8) is 0 Å². The zero-order chi connectivity index (χ0) is 11.5. The van der Waals surface area contributed by atoms with E-state index in [4.69, 9.17) is 4.74 Å². The number of aromatic nitrogens is 1. The van der Waals surface area contributed by atoms with Gasteiger partial charge in [-0.1, -0.05) is 0 Å². The molecular weight excluding hydrogens is 208 g/mol. The highest BCUT2D eigenvalue weighted by atomic mass is 16.5. The van der Waals surface area contributed by atoms with Crippen LogP contribution in [0.15, 0.2) is 23.1 Å². The van der Waals surface area contributed by atoms with Crippen LogP contribution in [0.1, 0.15) is 17.3 Å². The molecule has 86 valence electrons. The normalized spacial score (nSPS) is 20.8. The Bertz CT molecular complexity index is 421. The molecule has 1 amide bonds. The number of hydrogen-bond donors (Lipinski definition) is 1. The molecule has 2 rings (SSSR count). The van der Waals surface area contributed by atoms with Gasteiger partial charge >= 0.3 is 0 Å². The summed E-state index contributed by atoms with van der Waals surface area (Å²) in [7, 11) is 0. The summed E-state index contributed by atoms with van der Waals surface area (Å²) in [4.78, 5) is 27.1. The maximum atomic E-state index is 12.0. The Kier molecular flexibility index (Phi) is 3.05. The van der Waals surface area contributed by atoms with Crippen molar-refractivity contribution in [1.29, 1.82) is 0 Å². The molecule has 1 unspecified atom stereocenters. The van der Waals surface area contributed by atoms with Crippen LogP contribution in [0.5, 0.6) is 0 Å². The van der Waals surface area contributed by atoms with Crippen molar-refractivity contribution in [3.8, 4) is 0 Å². The van der Waals surface area contributed by atoms with E-state index in [2.05, 4.69) is 4.98 Å². The lowest BCUT2D eigenvalue weighted by Gasteiger charge is -2.31. The Morgan fingerprint density at radius 3 is 3.00 bits per heavy atom. The second-order valence-corrected chi connectivity index (χ2v) is 3.87. The lowest BCUT2D eigenvalue weighted by molar-refractivity contribution is -0.0124. The van der Waals surface area contributed by atoms with Gasteiger partial charge in [-0.3, -0.25) is 9.59 Å². The molecule has 0 aliphatic carbocycles. The monoisotopic (exact) mass is 222 g/mol. The van der Waals surface area contributed by atoms with Gasteiger partial charge in [0.25, 0.3) is 5.91 Å². The summed E-state index contributed by atoms with van der Waals surface area (Å²) in [6.07, 6.45) is 1.52. The molecule has 16 heavy (non-hydrogen) atoms. The van der Waals surface area contributed by atoms with E-state index in [1.807, 2.05) is 6.92 Å². The van der Waals surface area contributed by atoms with Crippen molar-refractivity contribution >= 4 is 5.91 Å². The topological polar surface area (TPSA) is 62.4 Å². The molecule has 1 N–H and O–H groups in total. The average Bonchev–Trinajstić information content (AvgIpc) is 2.29. The minimum atomic E-state index is -0.202. The summed E-state index contributed by atoms with van der Waals surface area (Å²) in [5, 5.41) is 0. The predicted octanol–water partition coefficient (Wildman–Crippen LogP) is 0.236. The number of H-pyrrole nitrogens is 1. The predicted molar refractivity (Wildman–Crippen MR) is 58.4 cm³/mol. The van der Waals surface area contributed by atoms with Crippen LogP contribution in [-0.4, -0.2) is 41.6 Å². The van der Waals surface area contributed by atoms with Crippen LogP contribution >= 0.6 is 0 Å². The van der Waals surface area contributed by atoms with Gasteiger partial charge in [-0.2, -0.15) is 0 Å². The first kappa shape index (κ1) is 10.9. The number of nitrogens with one attached hydrogen (secondary N) is 1. The molecule has 0 aromatic carbocycles. The smallest absolute Gasteiger partial charge is 0.255 e. The van der Waals surface area contributed by atoms with E-state index in [0.29, 0.717) is 25.3 Å². The maximum Gasteiger partial charge on any atom is 0.255 e. The van der Waals surface area contributed by atoms with E-state index in [1.165, 1.54) is 12.3 Å². The van der Waals surface area contributed by atoms with Gasteiger partial charge in [0.2, 0.25) is 5.56 Å². The van der Waals surface area contributed by atoms with Crippen molar-refractivity contribution in [2.75, 3.05) is 19.7 Å². The quantitative estimate of drug-likeness (QED) is 0.740. The lowest BCUT2D eigenvalue weighted by Crippen LogP contribution is -2.44. The van der Waals surface area contributed by atoms with Crippen LogP contribution < -0.4 is 5.56 Å². The SMILES string of the molecule is CC1CN(C(=O)c2ccc(=O)[nH]c2)CCO1. The highest BCUT2D eigenvalue weighted by molar-refractivity contribution is 5.93. The number of rotatable bonds is 1. The first-order valence-corrected chi connectivity index (χ1v) is 5.26. The van der Waals surface area contributed by atoms with Crippen LogP contribution in [0.25, 0.3) is 0 Å². The Morgan fingerprint density at radius 2 is 2.38 bits per heavy atom. The molecule has 0 bridgehead atoms. The highest BCUT2D eigenvalue weighted by Gasteiger charge is 2.22. The molecule has 1 fully saturated rings. The van der Waals surface area contributed by atoms with Crippen LogP contribution in [0, 0.1) is 0 Å². The zero-order valence-corrected chi connectivity index (χ0v) is 9.10. The number of ether oxygens (including phenoxy) is 1. The number of aromatic amines is 1. The van der Waals surface area contributed by atoms with E-state index in [-0.39, 0.29) is 17.6 Å². The van der Waals surface area contributed by atoms with Crippen molar-refractivity contribution in [1.82, 2.24) is 9.88 Å². The Balaban J connectivity index is 2.12. The van der Waals surface area contributed by atoms with E-state index >= 15 is 0 Å². The number of hydrogen-bond acceptors (Lipinski definition) is 3. The first-order chi connectivity index (χ1) is 7.66.